The van der Waals surface area contributed by atoms with E-state index in [0.29, 0.717) is 0 Å². The van der Waals surface area contributed by atoms with E-state index in [1.165, 1.54) is 0 Å². The average molecular weight is 130 g/mol. The molecule has 1 atom stereocenters. The van der Waals surface area contributed by atoms with Gasteiger partial charge in [0.1, 0.15) is 0 Å². The number of alkyl halides is 2. The maximum Gasteiger partial charge on any atom is 0.183 e. The second-order valence-electron chi connectivity index (χ2n) is 0.661. The van der Waals surface area contributed by atoms with Gasteiger partial charge in [0, 0.05) is 0 Å². The summed E-state index contributed by atoms with van der Waals surface area (Å²) in [4.78, 5) is 3.28. The fraction of sp³-hybridized carbons (Fsp3) is 1.00. The fourth-order valence-corrected chi connectivity index (χ4v) is 0.0772. The van der Waals surface area contributed by atoms with Crippen molar-refractivity contribution in [1.82, 2.24) is 0 Å². The summed E-state index contributed by atoms with van der Waals surface area (Å²) in [5, 5.41) is 9.14. The molecule has 0 aliphatic carbocycles. The molecule has 0 aromatic rings. The van der Waals surface area contributed by atoms with E-state index in [-0.39, 0.29) is 5.88 Å². The molecule has 4 heteroatoms. The molecule has 0 aromatic carbocycles. The average Bonchev–Trinajstić information content (AvgIpc) is 1.65. The smallest absolute Gasteiger partial charge is 0.183 e. The molecule has 0 saturated carbocycles. The second-order valence-corrected chi connectivity index (χ2v) is 1.46. The van der Waals surface area contributed by atoms with Crippen LogP contribution < -0.4 is 0 Å². The van der Waals surface area contributed by atoms with E-state index < -0.39 is 5.56 Å². The van der Waals surface area contributed by atoms with Crippen molar-refractivity contribution in [3.63, 3.8) is 0 Å². The highest BCUT2D eigenvalue weighted by atomic mass is 35.5. The van der Waals surface area contributed by atoms with Crippen LogP contribution in [0.3, 0.4) is 0 Å². The van der Waals surface area contributed by atoms with Crippen molar-refractivity contribution in [2.45, 2.75) is 5.56 Å². The van der Waals surface area contributed by atoms with Crippen LogP contribution in [-0.4, -0.2) is 11.4 Å². The molecule has 0 bridgehead atoms. The number of halogens is 2. The van der Waals surface area contributed by atoms with Gasteiger partial charge in [-0.3, -0.25) is 0 Å². The van der Waals surface area contributed by atoms with Gasteiger partial charge in [0.2, 0.25) is 0 Å². The van der Waals surface area contributed by atoms with Gasteiger partial charge in [-0.1, -0.05) is 11.6 Å². The summed E-state index contributed by atoms with van der Waals surface area (Å²) >= 11 is 9.98. The summed E-state index contributed by atoms with van der Waals surface area (Å²) in [6, 6.07) is 0. The third-order valence-corrected chi connectivity index (χ3v) is 0.891. The molecule has 0 aliphatic heterocycles. The monoisotopic (exact) mass is 129 g/mol. The zero-order chi connectivity index (χ0) is 4.99. The number of hydrogen-bond donors (Lipinski definition) is 0. The Balaban J connectivity index is 2.75. The zero-order valence-electron chi connectivity index (χ0n) is 2.86. The quantitative estimate of drug-likeness (QED) is 0.313. The Morgan fingerprint density at radius 3 is 2.33 bits per heavy atom. The van der Waals surface area contributed by atoms with Gasteiger partial charge >= 0.3 is 0 Å². The molecule has 0 saturated heterocycles. The molecule has 0 fully saturated rings. The summed E-state index contributed by atoms with van der Waals surface area (Å²) in [5.41, 5.74) is -0.883. The molecule has 0 spiro atoms. The lowest BCUT2D eigenvalue weighted by atomic mass is 10.9. The van der Waals surface area contributed by atoms with E-state index in [1.54, 1.807) is 0 Å². The molecule has 37 valence electrons. The molecular weight excluding hydrogens is 127 g/mol. The Labute approximate surface area is 45.5 Å². The van der Waals surface area contributed by atoms with Crippen LogP contribution in [-0.2, 0) is 10.1 Å². The van der Waals surface area contributed by atoms with Gasteiger partial charge in [-0.15, -0.1) is 11.6 Å². The standard InChI is InChI=1S/C2H3Cl2O2/c3-1-2(4)6-5/h2H,1H2. The van der Waals surface area contributed by atoms with Crippen molar-refractivity contribution < 1.29 is 10.1 Å². The van der Waals surface area contributed by atoms with E-state index in [4.69, 9.17) is 28.5 Å². The van der Waals surface area contributed by atoms with E-state index in [9.17, 15) is 0 Å². The fourth-order valence-electron chi connectivity index (χ4n) is 0.0257. The van der Waals surface area contributed by atoms with Crippen molar-refractivity contribution in [2.75, 3.05) is 5.88 Å². The summed E-state index contributed by atoms with van der Waals surface area (Å²) in [5.74, 6) is 0.0328. The normalized spacial score (nSPS) is 14.5. The van der Waals surface area contributed by atoms with E-state index >= 15 is 0 Å². The van der Waals surface area contributed by atoms with Gasteiger partial charge in [0.05, 0.1) is 5.88 Å². The summed E-state index contributed by atoms with van der Waals surface area (Å²) in [6.45, 7) is 0. The van der Waals surface area contributed by atoms with Gasteiger partial charge in [-0.05, 0) is 5.26 Å². The van der Waals surface area contributed by atoms with Crippen LogP contribution in [0.25, 0.3) is 0 Å². The highest BCUT2D eigenvalue weighted by Gasteiger charge is 1.97. The molecule has 1 radical (unpaired) electrons. The minimum absolute atomic E-state index is 0.0328. The molecule has 1 unspecified atom stereocenters. The van der Waals surface area contributed by atoms with E-state index in [1.807, 2.05) is 0 Å². The lowest BCUT2D eigenvalue weighted by molar-refractivity contribution is -0.311. The van der Waals surface area contributed by atoms with Gasteiger partial charge in [0.25, 0.3) is 0 Å². The summed E-state index contributed by atoms with van der Waals surface area (Å²) < 4.78 is 0. The topological polar surface area (TPSA) is 29.1 Å². The first-order valence-corrected chi connectivity index (χ1v) is 2.27. The van der Waals surface area contributed by atoms with Crippen molar-refractivity contribution in [1.29, 1.82) is 0 Å². The summed E-state index contributed by atoms with van der Waals surface area (Å²) in [7, 11) is 0. The molecule has 6 heavy (non-hydrogen) atoms. The molecule has 2 nitrogen and oxygen atoms in total. The van der Waals surface area contributed by atoms with Crippen LogP contribution in [0.5, 0.6) is 0 Å². The molecule has 0 heterocycles. The molecular formula is C2H3Cl2O2. The molecule has 0 aromatic heterocycles. The Morgan fingerprint density at radius 2 is 2.33 bits per heavy atom. The third-order valence-electron chi connectivity index (χ3n) is 0.226. The Kier molecular flexibility index (Phi) is 3.99. The van der Waals surface area contributed by atoms with E-state index in [0.717, 1.165) is 0 Å². The van der Waals surface area contributed by atoms with Crippen molar-refractivity contribution >= 4 is 23.2 Å². The summed E-state index contributed by atoms with van der Waals surface area (Å²) in [6.07, 6.45) is 0. The van der Waals surface area contributed by atoms with E-state index in [2.05, 4.69) is 4.89 Å². The van der Waals surface area contributed by atoms with Crippen molar-refractivity contribution in [3.05, 3.63) is 0 Å². The SMILES string of the molecule is [O]OC(Cl)CCl. The van der Waals surface area contributed by atoms with Crippen molar-refractivity contribution in [3.8, 4) is 0 Å². The Morgan fingerprint density at radius 1 is 1.83 bits per heavy atom. The molecule has 0 N–H and O–H groups in total. The molecule has 0 rings (SSSR count). The predicted molar refractivity (Wildman–Crippen MR) is 22.1 cm³/mol. The van der Waals surface area contributed by atoms with Gasteiger partial charge in [-0.2, -0.15) is 4.89 Å². The second kappa shape index (κ2) is 3.68. The number of rotatable bonds is 2. The predicted octanol–water partition coefficient (Wildman–Crippen LogP) is 1.15. The first-order chi connectivity index (χ1) is 2.81. The first-order valence-electron chi connectivity index (χ1n) is 1.30. The Bertz CT molecular complexity index is 28.7. The van der Waals surface area contributed by atoms with Crippen LogP contribution in [0.4, 0.5) is 0 Å². The maximum absolute atomic E-state index is 9.14. The largest absolute Gasteiger partial charge is 0.183 e. The van der Waals surface area contributed by atoms with Crippen LogP contribution >= 0.6 is 23.2 Å². The van der Waals surface area contributed by atoms with Gasteiger partial charge < -0.3 is 0 Å². The maximum atomic E-state index is 9.14. The van der Waals surface area contributed by atoms with Gasteiger partial charge in [-0.25, -0.2) is 0 Å². The van der Waals surface area contributed by atoms with Crippen LogP contribution in [0, 0.1) is 0 Å². The van der Waals surface area contributed by atoms with Crippen LogP contribution in [0.1, 0.15) is 0 Å². The number of hydrogen-bond acceptors (Lipinski definition) is 1. The highest BCUT2D eigenvalue weighted by molar-refractivity contribution is 6.27. The molecule has 0 aliphatic rings. The minimum Gasteiger partial charge on any atom is -0.183 e. The minimum atomic E-state index is -0.883. The highest BCUT2D eigenvalue weighted by Crippen LogP contribution is 1.96. The van der Waals surface area contributed by atoms with Gasteiger partial charge in [0.15, 0.2) is 5.56 Å². The lowest BCUT2D eigenvalue weighted by Crippen LogP contribution is -2.00. The Hall–Kier alpha value is 0.500. The lowest BCUT2D eigenvalue weighted by Gasteiger charge is -1.91. The third kappa shape index (κ3) is 2.72. The molecule has 0 amide bonds. The van der Waals surface area contributed by atoms with Crippen LogP contribution in [0.15, 0.2) is 0 Å². The first kappa shape index (κ1) is 6.50. The van der Waals surface area contributed by atoms with Crippen molar-refractivity contribution in [2.24, 2.45) is 0 Å². The zero-order valence-corrected chi connectivity index (χ0v) is 4.37. The van der Waals surface area contributed by atoms with Crippen LogP contribution in [0.2, 0.25) is 0 Å².